The molecule has 0 atom stereocenters. The van der Waals surface area contributed by atoms with Gasteiger partial charge in [0.05, 0.1) is 28.9 Å². The smallest absolute Gasteiger partial charge is 0.410 e. The second-order valence-electron chi connectivity index (χ2n) is 5.31. The Kier molecular flexibility index (Phi) is 5.48. The Labute approximate surface area is 122 Å². The second kappa shape index (κ2) is 6.44. The van der Waals surface area contributed by atoms with E-state index >= 15 is 0 Å². The predicted molar refractivity (Wildman–Crippen MR) is 79.6 cm³/mol. The van der Waals surface area contributed by atoms with Gasteiger partial charge in [0, 0.05) is 13.1 Å². The molecule has 3 N–H and O–H groups in total. The number of aliphatic imine (C=N–C) groups is 1. The van der Waals surface area contributed by atoms with Crippen LogP contribution in [0.25, 0.3) is 0 Å². The number of likely N-dealkylation sites (tertiary alicyclic amines) is 1. The molecule has 0 aromatic carbocycles. The van der Waals surface area contributed by atoms with E-state index in [2.05, 4.69) is 8.52 Å². The summed E-state index contributed by atoms with van der Waals surface area (Å²) >= 11 is 1.95. The molecule has 7 heteroatoms. The van der Waals surface area contributed by atoms with Crippen LogP contribution in [0.2, 0.25) is 0 Å². The SMILES string of the molecule is CC(C)(C)OC(=O)N1CCC(N=C(N)NI)CC1. The highest BCUT2D eigenvalue weighted by molar-refractivity contribution is 14.1. The third kappa shape index (κ3) is 5.28. The minimum atomic E-state index is -0.443. The van der Waals surface area contributed by atoms with Gasteiger partial charge in [-0.25, -0.2) is 9.79 Å². The molecule has 0 aliphatic carbocycles. The first-order chi connectivity index (χ1) is 8.31. The van der Waals surface area contributed by atoms with E-state index in [1.54, 1.807) is 4.90 Å². The van der Waals surface area contributed by atoms with Crippen molar-refractivity contribution in [1.82, 2.24) is 8.43 Å². The summed E-state index contributed by atoms with van der Waals surface area (Å²) < 4.78 is 8.10. The quantitative estimate of drug-likeness (QED) is 0.319. The highest BCUT2D eigenvalue weighted by atomic mass is 127. The zero-order chi connectivity index (χ0) is 13.8. The maximum Gasteiger partial charge on any atom is 0.410 e. The van der Waals surface area contributed by atoms with Gasteiger partial charge in [-0.1, -0.05) is 0 Å². The summed E-state index contributed by atoms with van der Waals surface area (Å²) in [7, 11) is 0. The van der Waals surface area contributed by atoms with E-state index in [1.165, 1.54) is 0 Å². The molecule has 6 nitrogen and oxygen atoms in total. The van der Waals surface area contributed by atoms with Crippen molar-refractivity contribution in [2.45, 2.75) is 45.3 Å². The van der Waals surface area contributed by atoms with Crippen molar-refractivity contribution in [1.29, 1.82) is 0 Å². The summed E-state index contributed by atoms with van der Waals surface area (Å²) in [5.41, 5.74) is 5.16. The van der Waals surface area contributed by atoms with Crippen LogP contribution in [0.3, 0.4) is 0 Å². The van der Waals surface area contributed by atoms with Gasteiger partial charge < -0.3 is 15.4 Å². The first-order valence-corrected chi connectivity index (χ1v) is 7.07. The fraction of sp³-hybridized carbons (Fsp3) is 0.818. The van der Waals surface area contributed by atoms with Crippen LogP contribution in [-0.4, -0.2) is 41.7 Å². The molecule has 1 fully saturated rings. The Morgan fingerprint density at radius 3 is 2.44 bits per heavy atom. The van der Waals surface area contributed by atoms with Crippen LogP contribution in [0.1, 0.15) is 33.6 Å². The van der Waals surface area contributed by atoms with E-state index in [1.807, 2.05) is 43.6 Å². The highest BCUT2D eigenvalue weighted by Gasteiger charge is 2.26. The molecule has 1 rings (SSSR count). The number of nitrogens with one attached hydrogen (secondary N) is 1. The number of nitrogens with two attached hydrogens (primary N) is 1. The van der Waals surface area contributed by atoms with Crippen molar-refractivity contribution >= 4 is 34.9 Å². The van der Waals surface area contributed by atoms with Gasteiger partial charge in [-0.05, 0) is 33.6 Å². The molecule has 0 radical (unpaired) electrons. The van der Waals surface area contributed by atoms with Crippen molar-refractivity contribution in [3.05, 3.63) is 0 Å². The number of guanidine groups is 1. The van der Waals surface area contributed by atoms with Gasteiger partial charge in [0.25, 0.3) is 0 Å². The van der Waals surface area contributed by atoms with Crippen LogP contribution in [-0.2, 0) is 4.74 Å². The molecular weight excluding hydrogens is 347 g/mol. The van der Waals surface area contributed by atoms with Crippen LogP contribution in [0, 0.1) is 0 Å². The van der Waals surface area contributed by atoms with Gasteiger partial charge in [0.2, 0.25) is 0 Å². The minimum absolute atomic E-state index is 0.186. The van der Waals surface area contributed by atoms with E-state index in [-0.39, 0.29) is 12.1 Å². The lowest BCUT2D eigenvalue weighted by atomic mass is 10.1. The van der Waals surface area contributed by atoms with E-state index < -0.39 is 5.60 Å². The number of halogens is 1. The molecule has 104 valence electrons. The predicted octanol–water partition coefficient (Wildman–Crippen LogP) is 1.64. The lowest BCUT2D eigenvalue weighted by Crippen LogP contribution is -2.43. The van der Waals surface area contributed by atoms with Crippen molar-refractivity contribution in [3.8, 4) is 0 Å². The van der Waals surface area contributed by atoms with Gasteiger partial charge in [-0.15, -0.1) is 0 Å². The number of hydrogen-bond donors (Lipinski definition) is 2. The maximum atomic E-state index is 11.8. The maximum absolute atomic E-state index is 11.8. The molecule has 0 aromatic rings. The molecule has 1 aliphatic rings. The zero-order valence-corrected chi connectivity index (χ0v) is 13.2. The summed E-state index contributed by atoms with van der Waals surface area (Å²) in [5, 5.41) is 0. The van der Waals surface area contributed by atoms with Crippen LogP contribution < -0.4 is 9.26 Å². The molecule has 0 bridgehead atoms. The number of rotatable bonds is 1. The van der Waals surface area contributed by atoms with E-state index in [0.29, 0.717) is 19.0 Å². The fourth-order valence-corrected chi connectivity index (χ4v) is 1.86. The van der Waals surface area contributed by atoms with E-state index in [9.17, 15) is 4.79 Å². The summed E-state index contributed by atoms with van der Waals surface area (Å²) in [5.74, 6) is 0.436. The number of piperidine rings is 1. The second-order valence-corrected chi connectivity index (χ2v) is 5.85. The van der Waals surface area contributed by atoms with Crippen molar-refractivity contribution in [2.24, 2.45) is 10.7 Å². The Morgan fingerprint density at radius 2 is 2.00 bits per heavy atom. The van der Waals surface area contributed by atoms with Gasteiger partial charge in [0.15, 0.2) is 5.96 Å². The summed E-state index contributed by atoms with van der Waals surface area (Å²) in [6, 6.07) is 0.186. The number of carbonyl (C=O) groups is 1. The summed E-state index contributed by atoms with van der Waals surface area (Å²) in [6.45, 7) is 6.94. The van der Waals surface area contributed by atoms with Crippen LogP contribution in [0.5, 0.6) is 0 Å². The monoisotopic (exact) mass is 368 g/mol. The number of nitrogens with zero attached hydrogens (tertiary/aromatic N) is 2. The normalized spacial score (nSPS) is 18.7. The van der Waals surface area contributed by atoms with E-state index in [0.717, 1.165) is 12.8 Å². The van der Waals surface area contributed by atoms with Crippen LogP contribution in [0.4, 0.5) is 4.79 Å². The topological polar surface area (TPSA) is 80.0 Å². The first kappa shape index (κ1) is 15.3. The first-order valence-electron chi connectivity index (χ1n) is 5.99. The molecule has 0 saturated carbocycles. The number of carbonyl (C=O) groups excluding carboxylic acids is 1. The Hall–Kier alpha value is -0.730. The number of ether oxygens (including phenoxy) is 1. The van der Waals surface area contributed by atoms with Crippen LogP contribution in [0.15, 0.2) is 4.99 Å². The lowest BCUT2D eigenvalue weighted by Gasteiger charge is -2.32. The minimum Gasteiger partial charge on any atom is -0.444 e. The van der Waals surface area contributed by atoms with Gasteiger partial charge in [-0.2, -0.15) is 0 Å². The summed E-state index contributed by atoms with van der Waals surface area (Å²) in [6.07, 6.45) is 1.39. The number of amides is 1. The molecule has 1 saturated heterocycles. The van der Waals surface area contributed by atoms with Gasteiger partial charge in [-0.3, -0.25) is 3.53 Å². The Morgan fingerprint density at radius 1 is 1.44 bits per heavy atom. The molecule has 18 heavy (non-hydrogen) atoms. The van der Waals surface area contributed by atoms with Gasteiger partial charge in [0.1, 0.15) is 5.60 Å². The standard InChI is InChI=1S/C11H21IN4O2/c1-11(2,3)18-10(17)16-6-4-8(5-7-16)14-9(13)15-12/h8H,4-7H2,1-3H3,(H3,13,14,15). The molecule has 0 aromatic heterocycles. The summed E-state index contributed by atoms with van der Waals surface area (Å²) in [4.78, 5) is 17.9. The van der Waals surface area contributed by atoms with Crippen molar-refractivity contribution in [3.63, 3.8) is 0 Å². The highest BCUT2D eigenvalue weighted by Crippen LogP contribution is 2.17. The fourth-order valence-electron chi connectivity index (χ4n) is 1.73. The Balaban J connectivity index is 2.42. The molecule has 0 spiro atoms. The molecule has 0 unspecified atom stereocenters. The zero-order valence-electron chi connectivity index (χ0n) is 11.1. The van der Waals surface area contributed by atoms with Crippen molar-refractivity contribution < 1.29 is 9.53 Å². The number of hydrogen-bond acceptors (Lipinski definition) is 3. The van der Waals surface area contributed by atoms with Gasteiger partial charge >= 0.3 is 6.09 Å². The molecule has 1 amide bonds. The lowest BCUT2D eigenvalue weighted by molar-refractivity contribution is 0.0207. The third-order valence-electron chi connectivity index (χ3n) is 2.53. The molecule has 1 heterocycles. The average Bonchev–Trinajstić information content (AvgIpc) is 2.27. The van der Waals surface area contributed by atoms with Crippen LogP contribution >= 0.6 is 22.9 Å². The van der Waals surface area contributed by atoms with E-state index in [4.69, 9.17) is 10.5 Å². The largest absolute Gasteiger partial charge is 0.444 e. The molecule has 1 aliphatic heterocycles. The van der Waals surface area contributed by atoms with Crippen molar-refractivity contribution in [2.75, 3.05) is 13.1 Å². The Bertz CT molecular complexity index is 319. The molecular formula is C11H21IN4O2. The average molecular weight is 368 g/mol. The third-order valence-corrected chi connectivity index (χ3v) is 3.09.